The molecule has 0 aliphatic rings. The number of benzene rings is 2. The van der Waals surface area contributed by atoms with Gasteiger partial charge in [-0.25, -0.2) is 14.0 Å². The van der Waals surface area contributed by atoms with E-state index in [9.17, 15) is 18.8 Å². The molecular weight excluding hydrogens is 499 g/mol. The van der Waals surface area contributed by atoms with E-state index in [-0.39, 0.29) is 24.6 Å². The summed E-state index contributed by atoms with van der Waals surface area (Å²) in [5.41, 5.74) is 2.66. The molecule has 3 amide bonds. The number of halogens is 2. The van der Waals surface area contributed by atoms with E-state index in [2.05, 4.69) is 36.9 Å². The first-order valence-electron chi connectivity index (χ1n) is 10.1. The third kappa shape index (κ3) is 6.45. The van der Waals surface area contributed by atoms with E-state index in [1.807, 2.05) is 18.2 Å². The molecule has 2 aromatic carbocycles. The van der Waals surface area contributed by atoms with Gasteiger partial charge in [0.1, 0.15) is 11.5 Å². The molecule has 0 spiro atoms. The first-order chi connectivity index (χ1) is 15.7. The number of carboxylic acid groups (broad SMARTS) is 2. The predicted octanol–water partition coefficient (Wildman–Crippen LogP) is 4.15. The second kappa shape index (κ2) is 10.8. The van der Waals surface area contributed by atoms with Gasteiger partial charge >= 0.3 is 12.2 Å². The highest BCUT2D eigenvalue weighted by molar-refractivity contribution is 9.10. The van der Waals surface area contributed by atoms with E-state index >= 15 is 0 Å². The van der Waals surface area contributed by atoms with Crippen LogP contribution in [0, 0.1) is 5.82 Å². The Labute approximate surface area is 196 Å². The molecule has 0 saturated carbocycles. The lowest BCUT2D eigenvalue weighted by Crippen LogP contribution is -2.43. The van der Waals surface area contributed by atoms with Crippen molar-refractivity contribution >= 4 is 44.9 Å². The Bertz CT molecular complexity index is 1170. The zero-order valence-corrected chi connectivity index (χ0v) is 18.9. The monoisotopic (exact) mass is 520 g/mol. The van der Waals surface area contributed by atoms with Gasteiger partial charge in [-0.15, -0.1) is 0 Å². The lowest BCUT2D eigenvalue weighted by Gasteiger charge is -2.17. The minimum Gasteiger partial charge on any atom is -0.465 e. The van der Waals surface area contributed by atoms with Crippen LogP contribution in [0.4, 0.5) is 14.0 Å². The Kier molecular flexibility index (Phi) is 7.88. The number of H-pyrrole nitrogens is 1. The van der Waals surface area contributed by atoms with E-state index in [4.69, 9.17) is 10.2 Å². The van der Waals surface area contributed by atoms with Gasteiger partial charge in [0, 0.05) is 30.0 Å². The van der Waals surface area contributed by atoms with Gasteiger partial charge in [0.2, 0.25) is 0 Å². The van der Waals surface area contributed by atoms with Gasteiger partial charge in [0.05, 0.1) is 4.47 Å². The average molecular weight is 521 g/mol. The summed E-state index contributed by atoms with van der Waals surface area (Å²) in [5, 5.41) is 25.6. The van der Waals surface area contributed by atoms with Crippen molar-refractivity contribution < 1.29 is 29.0 Å². The van der Waals surface area contributed by atoms with Crippen LogP contribution in [-0.2, 0) is 0 Å². The fraction of sp³-hybridized carbons (Fsp3) is 0.227. The fourth-order valence-corrected chi connectivity index (χ4v) is 4.01. The molecule has 0 unspecified atom stereocenters. The molecule has 11 heteroatoms. The standard InChI is InChI=1S/C22H22BrFN4O5/c23-18-16-8-5-13(12-3-6-14(24)7-4-12)10-17(16)28-19(18)20(29)26-11-15(27-22(32)33)2-1-9-25-21(30)31/h3-8,10,15,25,27-28H,1-2,9,11H2,(H,26,29)(H,30,31)(H,32,33)/t15-/m0/s1. The number of amides is 3. The maximum atomic E-state index is 13.2. The van der Waals surface area contributed by atoms with Crippen molar-refractivity contribution in [1.29, 1.82) is 0 Å². The van der Waals surface area contributed by atoms with Gasteiger partial charge in [-0.3, -0.25) is 4.79 Å². The molecule has 0 aliphatic carbocycles. The van der Waals surface area contributed by atoms with Crippen LogP contribution in [0.25, 0.3) is 22.0 Å². The molecule has 0 radical (unpaired) electrons. The average Bonchev–Trinajstić information content (AvgIpc) is 3.10. The minimum atomic E-state index is -1.24. The molecule has 1 atom stereocenters. The van der Waals surface area contributed by atoms with E-state index in [1.165, 1.54) is 12.1 Å². The summed E-state index contributed by atoms with van der Waals surface area (Å²) >= 11 is 3.44. The van der Waals surface area contributed by atoms with Crippen molar-refractivity contribution in [3.05, 3.63) is 58.4 Å². The number of fused-ring (bicyclic) bond motifs is 1. The number of nitrogens with one attached hydrogen (secondary N) is 4. The first kappa shape index (κ1) is 24.1. The fourth-order valence-electron chi connectivity index (χ4n) is 3.39. The number of rotatable bonds is 9. The van der Waals surface area contributed by atoms with Crippen molar-refractivity contribution in [3.8, 4) is 11.1 Å². The molecule has 33 heavy (non-hydrogen) atoms. The Hall–Kier alpha value is -3.60. The van der Waals surface area contributed by atoms with Crippen LogP contribution in [0.3, 0.4) is 0 Å². The van der Waals surface area contributed by atoms with Crippen LogP contribution < -0.4 is 16.0 Å². The molecule has 0 bridgehead atoms. The SMILES string of the molecule is O=C(O)NCCC[C@@H](CNC(=O)c1[nH]c2cc(-c3ccc(F)cc3)ccc2c1Br)NC(=O)O. The van der Waals surface area contributed by atoms with Gasteiger partial charge in [0.25, 0.3) is 5.91 Å². The third-order valence-electron chi connectivity index (χ3n) is 4.98. The smallest absolute Gasteiger partial charge is 0.404 e. The summed E-state index contributed by atoms with van der Waals surface area (Å²) in [4.78, 5) is 37.4. The highest BCUT2D eigenvalue weighted by Crippen LogP contribution is 2.31. The summed E-state index contributed by atoms with van der Waals surface area (Å²) in [7, 11) is 0. The Morgan fingerprint density at radius 1 is 1.00 bits per heavy atom. The van der Waals surface area contributed by atoms with Crippen molar-refractivity contribution in [2.45, 2.75) is 18.9 Å². The highest BCUT2D eigenvalue weighted by atomic mass is 79.9. The van der Waals surface area contributed by atoms with Gasteiger partial charge in [-0.05, 0) is 58.1 Å². The summed E-state index contributed by atoms with van der Waals surface area (Å²) in [5.74, 6) is -0.752. The summed E-state index contributed by atoms with van der Waals surface area (Å²) in [6, 6.07) is 11.1. The highest BCUT2D eigenvalue weighted by Gasteiger charge is 2.19. The second-order valence-electron chi connectivity index (χ2n) is 7.31. The molecule has 174 valence electrons. The summed E-state index contributed by atoms with van der Waals surface area (Å²) in [6.45, 7) is 0.200. The van der Waals surface area contributed by atoms with Crippen LogP contribution in [0.5, 0.6) is 0 Å². The van der Waals surface area contributed by atoms with E-state index < -0.39 is 24.1 Å². The molecule has 1 heterocycles. The largest absolute Gasteiger partial charge is 0.465 e. The lowest BCUT2D eigenvalue weighted by molar-refractivity contribution is 0.0942. The zero-order chi connectivity index (χ0) is 24.0. The van der Waals surface area contributed by atoms with Crippen LogP contribution >= 0.6 is 15.9 Å². The number of aromatic amines is 1. The second-order valence-corrected chi connectivity index (χ2v) is 8.10. The summed E-state index contributed by atoms with van der Waals surface area (Å²) in [6.07, 6.45) is -1.66. The number of hydrogen-bond acceptors (Lipinski definition) is 3. The maximum absolute atomic E-state index is 13.2. The third-order valence-corrected chi connectivity index (χ3v) is 5.81. The first-order valence-corrected chi connectivity index (χ1v) is 10.9. The molecule has 3 rings (SSSR count). The molecule has 0 aliphatic heterocycles. The molecule has 9 nitrogen and oxygen atoms in total. The van der Waals surface area contributed by atoms with Crippen molar-refractivity contribution in [1.82, 2.24) is 20.9 Å². The molecule has 0 saturated heterocycles. The molecule has 6 N–H and O–H groups in total. The number of carbonyl (C=O) groups excluding carboxylic acids is 1. The lowest BCUT2D eigenvalue weighted by atomic mass is 10.0. The molecule has 3 aromatic rings. The zero-order valence-electron chi connectivity index (χ0n) is 17.3. The molecular formula is C22H22BrFN4O5. The number of carbonyl (C=O) groups is 3. The predicted molar refractivity (Wildman–Crippen MR) is 124 cm³/mol. The van der Waals surface area contributed by atoms with Gasteiger partial charge in [-0.1, -0.05) is 24.3 Å². The van der Waals surface area contributed by atoms with Crippen molar-refractivity contribution in [2.24, 2.45) is 0 Å². The summed E-state index contributed by atoms with van der Waals surface area (Å²) < 4.78 is 13.8. The normalized spacial score (nSPS) is 11.7. The topological polar surface area (TPSA) is 144 Å². The molecule has 0 fully saturated rings. The maximum Gasteiger partial charge on any atom is 0.404 e. The van der Waals surface area contributed by atoms with E-state index in [1.54, 1.807) is 12.1 Å². The van der Waals surface area contributed by atoms with Gasteiger partial charge < -0.3 is 31.1 Å². The number of hydrogen-bond donors (Lipinski definition) is 6. The van der Waals surface area contributed by atoms with Crippen molar-refractivity contribution in [2.75, 3.05) is 13.1 Å². The van der Waals surface area contributed by atoms with Crippen LogP contribution in [0.2, 0.25) is 0 Å². The Morgan fingerprint density at radius 3 is 2.36 bits per heavy atom. The molecule has 1 aromatic heterocycles. The van der Waals surface area contributed by atoms with Gasteiger partial charge in [-0.2, -0.15) is 0 Å². The number of aromatic nitrogens is 1. The van der Waals surface area contributed by atoms with Crippen LogP contribution in [0.1, 0.15) is 23.3 Å². The van der Waals surface area contributed by atoms with Crippen LogP contribution in [-0.4, -0.2) is 52.4 Å². The minimum absolute atomic E-state index is 0.0286. The van der Waals surface area contributed by atoms with Crippen molar-refractivity contribution in [3.63, 3.8) is 0 Å². The van der Waals surface area contributed by atoms with Crippen LogP contribution in [0.15, 0.2) is 46.9 Å². The van der Waals surface area contributed by atoms with Gasteiger partial charge in [0.15, 0.2) is 0 Å². The quantitative estimate of drug-likeness (QED) is 0.235. The Balaban J connectivity index is 1.69. The van der Waals surface area contributed by atoms with E-state index in [0.29, 0.717) is 22.8 Å². The Morgan fingerprint density at radius 2 is 1.70 bits per heavy atom. The van der Waals surface area contributed by atoms with E-state index in [0.717, 1.165) is 16.5 Å².